The maximum Gasteiger partial charge on any atom is 0.221 e. The van der Waals surface area contributed by atoms with E-state index in [0.717, 1.165) is 58.5 Å². The van der Waals surface area contributed by atoms with Crippen LogP contribution in [0, 0.1) is 0 Å². The van der Waals surface area contributed by atoms with Crippen molar-refractivity contribution in [1.29, 1.82) is 0 Å². The van der Waals surface area contributed by atoms with E-state index in [4.69, 9.17) is 0 Å². The fourth-order valence-corrected chi connectivity index (χ4v) is 3.63. The Hall–Kier alpha value is -0.650. The molecule has 1 amide bonds. The average Bonchev–Trinajstić information content (AvgIpc) is 2.66. The lowest BCUT2D eigenvalue weighted by atomic mass is 10.0. The molecular formula is C23H50N4O. The van der Waals surface area contributed by atoms with Gasteiger partial charge in [-0.05, 0) is 64.8 Å². The van der Waals surface area contributed by atoms with Crippen LogP contribution >= 0.6 is 0 Å². The van der Waals surface area contributed by atoms with Gasteiger partial charge in [0.05, 0.1) is 0 Å². The van der Waals surface area contributed by atoms with E-state index in [1.165, 1.54) is 57.8 Å². The highest BCUT2D eigenvalue weighted by atomic mass is 16.1. The predicted molar refractivity (Wildman–Crippen MR) is 123 cm³/mol. The summed E-state index contributed by atoms with van der Waals surface area (Å²) >= 11 is 0. The summed E-state index contributed by atoms with van der Waals surface area (Å²) in [6.07, 6.45) is 15.6. The molecule has 5 heteroatoms. The van der Waals surface area contributed by atoms with Gasteiger partial charge in [0.1, 0.15) is 0 Å². The molecule has 28 heavy (non-hydrogen) atoms. The Morgan fingerprint density at radius 1 is 0.750 bits per heavy atom. The molecule has 1 atom stereocenters. The van der Waals surface area contributed by atoms with Gasteiger partial charge in [0.15, 0.2) is 0 Å². The number of hydrogen-bond donors (Lipinski definition) is 4. The molecule has 168 valence electrons. The van der Waals surface area contributed by atoms with Crippen LogP contribution in [0.15, 0.2) is 0 Å². The van der Waals surface area contributed by atoms with Crippen molar-refractivity contribution in [1.82, 2.24) is 21.3 Å². The molecule has 0 aliphatic carbocycles. The monoisotopic (exact) mass is 398 g/mol. The quantitative estimate of drug-likeness (QED) is 0.467. The Labute approximate surface area is 175 Å². The second-order valence-electron chi connectivity index (χ2n) is 8.03. The molecule has 0 aromatic rings. The van der Waals surface area contributed by atoms with E-state index in [1.54, 1.807) is 0 Å². The Balaban J connectivity index is 0.00000729. The van der Waals surface area contributed by atoms with Crippen LogP contribution in [-0.4, -0.2) is 51.2 Å². The fraction of sp³-hybridized carbons (Fsp3) is 0.957. The van der Waals surface area contributed by atoms with Crippen LogP contribution in [0.25, 0.3) is 0 Å². The molecule has 4 N–H and O–H groups in total. The number of unbranched alkanes of at least 4 members (excludes halogenated alkanes) is 6. The van der Waals surface area contributed by atoms with Crippen LogP contribution in [-0.2, 0) is 4.79 Å². The first kappa shape index (κ1) is 27.4. The van der Waals surface area contributed by atoms with Crippen LogP contribution in [0.2, 0.25) is 0 Å². The smallest absolute Gasteiger partial charge is 0.221 e. The Morgan fingerprint density at radius 3 is 2.00 bits per heavy atom. The fourth-order valence-electron chi connectivity index (χ4n) is 3.63. The third kappa shape index (κ3) is 17.4. The summed E-state index contributed by atoms with van der Waals surface area (Å²) in [5.41, 5.74) is 0. The first-order chi connectivity index (χ1) is 13.3. The van der Waals surface area contributed by atoms with Gasteiger partial charge in [-0.1, -0.05) is 59.3 Å². The van der Waals surface area contributed by atoms with Crippen molar-refractivity contribution in [2.24, 2.45) is 0 Å². The molecule has 1 saturated heterocycles. The van der Waals surface area contributed by atoms with Crippen molar-refractivity contribution in [3.05, 3.63) is 0 Å². The molecule has 0 radical (unpaired) electrons. The van der Waals surface area contributed by atoms with Crippen LogP contribution in [0.4, 0.5) is 0 Å². The Morgan fingerprint density at radius 2 is 1.32 bits per heavy atom. The van der Waals surface area contributed by atoms with Crippen molar-refractivity contribution in [2.75, 3.05) is 39.3 Å². The minimum atomic E-state index is 0. The van der Waals surface area contributed by atoms with Gasteiger partial charge in [-0.15, -0.1) is 0 Å². The minimum absolute atomic E-state index is 0. The zero-order valence-electron chi connectivity index (χ0n) is 17.9. The number of rotatable bonds is 8. The first-order valence-electron chi connectivity index (χ1n) is 11.7. The van der Waals surface area contributed by atoms with Crippen molar-refractivity contribution < 1.29 is 4.79 Å². The van der Waals surface area contributed by atoms with Gasteiger partial charge in [-0.25, -0.2) is 0 Å². The van der Waals surface area contributed by atoms with Gasteiger partial charge >= 0.3 is 0 Å². The van der Waals surface area contributed by atoms with Gasteiger partial charge in [-0.2, -0.15) is 0 Å². The molecule has 0 saturated carbocycles. The van der Waals surface area contributed by atoms with Crippen molar-refractivity contribution in [3.8, 4) is 0 Å². The van der Waals surface area contributed by atoms with E-state index < -0.39 is 0 Å². The van der Waals surface area contributed by atoms with Crippen molar-refractivity contribution in [2.45, 2.75) is 104 Å². The number of carbonyl (C=O) groups is 1. The Kier molecular flexibility index (Phi) is 20.6. The predicted octanol–water partition coefficient (Wildman–Crippen LogP) is 3.98. The summed E-state index contributed by atoms with van der Waals surface area (Å²) in [7, 11) is 0. The molecule has 1 heterocycles. The normalized spacial score (nSPS) is 21.3. The largest absolute Gasteiger partial charge is 0.356 e. The van der Waals surface area contributed by atoms with Gasteiger partial charge in [0.25, 0.3) is 0 Å². The summed E-state index contributed by atoms with van der Waals surface area (Å²) in [5.74, 6) is 0.206. The standard InChI is InChI=1S/C22H46N4O.CH4/c1-2-3-4-5-6-7-8-13-21-20-22(27)26-19-12-17-24-15-10-9-14-23-16-11-18-25-21;/h21,23-25H,2-20H2,1H3,(H,26,27);1H4. The molecule has 0 spiro atoms. The lowest BCUT2D eigenvalue weighted by Gasteiger charge is -2.19. The lowest BCUT2D eigenvalue weighted by molar-refractivity contribution is -0.121. The van der Waals surface area contributed by atoms with E-state index in [1.807, 2.05) is 0 Å². The summed E-state index contributed by atoms with van der Waals surface area (Å²) in [6, 6.07) is 0.328. The number of hydrogen-bond acceptors (Lipinski definition) is 4. The summed E-state index contributed by atoms with van der Waals surface area (Å²) in [4.78, 5) is 12.3. The van der Waals surface area contributed by atoms with E-state index in [9.17, 15) is 4.79 Å². The van der Waals surface area contributed by atoms with Gasteiger partial charge in [0, 0.05) is 19.0 Å². The molecule has 1 rings (SSSR count). The Bertz CT molecular complexity index is 339. The summed E-state index contributed by atoms with van der Waals surface area (Å²) in [6.45, 7) is 8.31. The van der Waals surface area contributed by atoms with Crippen LogP contribution in [0.1, 0.15) is 97.8 Å². The summed E-state index contributed by atoms with van der Waals surface area (Å²) < 4.78 is 0. The van der Waals surface area contributed by atoms with Gasteiger partial charge in [0.2, 0.25) is 5.91 Å². The number of carbonyl (C=O) groups excluding carboxylic acids is 1. The molecule has 0 aromatic heterocycles. The second kappa shape index (κ2) is 21.1. The SMILES string of the molecule is C.CCCCCCCCCC1CC(=O)NCCCNCCCCNCCCN1. The average molecular weight is 399 g/mol. The second-order valence-corrected chi connectivity index (χ2v) is 8.03. The highest BCUT2D eigenvalue weighted by molar-refractivity contribution is 5.76. The topological polar surface area (TPSA) is 65.2 Å². The molecule has 1 fully saturated rings. The van der Waals surface area contributed by atoms with E-state index in [-0.39, 0.29) is 13.3 Å². The zero-order valence-corrected chi connectivity index (χ0v) is 17.9. The highest BCUT2D eigenvalue weighted by Crippen LogP contribution is 2.11. The minimum Gasteiger partial charge on any atom is -0.356 e. The summed E-state index contributed by atoms with van der Waals surface area (Å²) in [5, 5.41) is 13.7. The molecule has 1 aliphatic heterocycles. The number of nitrogens with one attached hydrogen (secondary N) is 4. The van der Waals surface area contributed by atoms with E-state index in [0.29, 0.717) is 12.5 Å². The first-order valence-corrected chi connectivity index (χ1v) is 11.7. The van der Waals surface area contributed by atoms with Crippen LogP contribution in [0.3, 0.4) is 0 Å². The molecule has 0 aromatic carbocycles. The van der Waals surface area contributed by atoms with Crippen LogP contribution < -0.4 is 21.3 Å². The zero-order chi connectivity index (χ0) is 19.4. The molecule has 0 bridgehead atoms. The molecule has 1 aliphatic rings. The lowest BCUT2D eigenvalue weighted by Crippen LogP contribution is -2.37. The third-order valence-corrected chi connectivity index (χ3v) is 5.36. The maximum atomic E-state index is 12.3. The maximum absolute atomic E-state index is 12.3. The molecular weight excluding hydrogens is 348 g/mol. The van der Waals surface area contributed by atoms with Crippen molar-refractivity contribution in [3.63, 3.8) is 0 Å². The molecule has 5 nitrogen and oxygen atoms in total. The van der Waals surface area contributed by atoms with Crippen molar-refractivity contribution >= 4 is 5.91 Å². The molecule has 1 unspecified atom stereocenters. The van der Waals surface area contributed by atoms with E-state index in [2.05, 4.69) is 28.2 Å². The van der Waals surface area contributed by atoms with Gasteiger partial charge < -0.3 is 21.3 Å². The third-order valence-electron chi connectivity index (χ3n) is 5.36. The highest BCUT2D eigenvalue weighted by Gasteiger charge is 2.13. The van der Waals surface area contributed by atoms with E-state index >= 15 is 0 Å². The van der Waals surface area contributed by atoms with Crippen LogP contribution in [0.5, 0.6) is 0 Å². The van der Waals surface area contributed by atoms with Gasteiger partial charge in [-0.3, -0.25) is 4.79 Å². The number of amides is 1.